The fourth-order valence-electron chi connectivity index (χ4n) is 4.23. The van der Waals surface area contributed by atoms with Crippen LogP contribution in [0.1, 0.15) is 16.4 Å². The summed E-state index contributed by atoms with van der Waals surface area (Å²) in [5.74, 6) is 0.713. The molecule has 4 aromatic rings. The molecule has 2 aliphatic rings. The summed E-state index contributed by atoms with van der Waals surface area (Å²) in [4.78, 5) is 19.6. The lowest BCUT2D eigenvalue weighted by Gasteiger charge is -2.31. The van der Waals surface area contributed by atoms with Gasteiger partial charge in [-0.1, -0.05) is 35.9 Å². The van der Waals surface area contributed by atoms with Gasteiger partial charge in [0.1, 0.15) is 11.3 Å². The van der Waals surface area contributed by atoms with Crippen LogP contribution in [0.3, 0.4) is 0 Å². The van der Waals surface area contributed by atoms with Gasteiger partial charge in [0.15, 0.2) is 5.43 Å². The first-order valence-electron chi connectivity index (χ1n) is 9.96. The van der Waals surface area contributed by atoms with Gasteiger partial charge >= 0.3 is 0 Å². The third-order valence-electron chi connectivity index (χ3n) is 5.73. The van der Waals surface area contributed by atoms with E-state index in [1.165, 1.54) is 0 Å². The minimum atomic E-state index is -0.213. The molecule has 2 aliphatic heterocycles. The quantitative estimate of drug-likeness (QED) is 0.339. The van der Waals surface area contributed by atoms with E-state index < -0.39 is 0 Å². The first-order valence-corrected chi connectivity index (χ1v) is 11.2. The molecule has 1 aromatic heterocycles. The minimum absolute atomic E-state index is 0.0705. The van der Waals surface area contributed by atoms with E-state index in [1.807, 2.05) is 48.5 Å². The number of benzene rings is 3. The average Bonchev–Trinajstić information content (AvgIpc) is 2.97. The van der Waals surface area contributed by atoms with Crippen molar-refractivity contribution in [2.45, 2.75) is 10.1 Å². The predicted molar refractivity (Wildman–Crippen MR) is 124 cm³/mol. The largest absolute Gasteiger partial charge is 0.492 e. The molecule has 6 heteroatoms. The Morgan fingerprint density at radius 1 is 1.03 bits per heavy atom. The van der Waals surface area contributed by atoms with Crippen molar-refractivity contribution in [2.24, 2.45) is 10.9 Å². The van der Waals surface area contributed by atoms with E-state index in [9.17, 15) is 4.79 Å². The number of rotatable bonds is 1. The monoisotopic (exact) mass is 445 g/mol. The van der Waals surface area contributed by atoms with E-state index >= 15 is 0 Å². The predicted octanol–water partition coefficient (Wildman–Crippen LogP) is 6.42. The number of nitrogens with zero attached hydrogens (tertiary/aromatic N) is 1. The van der Waals surface area contributed by atoms with Gasteiger partial charge in [-0.15, -0.1) is 11.8 Å². The molecule has 152 valence electrons. The first-order chi connectivity index (χ1) is 15.2. The summed E-state index contributed by atoms with van der Waals surface area (Å²) in [5.41, 5.74) is 3.86. The Bertz CT molecular complexity index is 1430. The SMILES string of the molecule is O=c1c([C@H]2Sc3ccccc3N=C3c4ccccc4OC[C@@H]32)coc2ccc(Cl)cc12. The van der Waals surface area contributed by atoms with Crippen LogP contribution in [0, 0.1) is 5.92 Å². The number of halogens is 1. The Morgan fingerprint density at radius 2 is 1.87 bits per heavy atom. The fourth-order valence-corrected chi connectivity index (χ4v) is 5.73. The van der Waals surface area contributed by atoms with E-state index in [0.717, 1.165) is 27.6 Å². The molecule has 0 unspecified atom stereocenters. The Balaban J connectivity index is 1.58. The molecule has 0 N–H and O–H groups in total. The van der Waals surface area contributed by atoms with E-state index in [1.54, 1.807) is 36.2 Å². The van der Waals surface area contributed by atoms with Crippen LogP contribution in [0.2, 0.25) is 5.02 Å². The number of ether oxygens (including phenoxy) is 1. The van der Waals surface area contributed by atoms with Crippen molar-refractivity contribution in [3.05, 3.63) is 99.4 Å². The Kier molecular flexibility index (Phi) is 4.40. The molecule has 4 nitrogen and oxygen atoms in total. The lowest BCUT2D eigenvalue weighted by molar-refractivity contribution is 0.271. The van der Waals surface area contributed by atoms with Crippen LogP contribution in [-0.2, 0) is 0 Å². The molecule has 3 aromatic carbocycles. The van der Waals surface area contributed by atoms with Crippen molar-refractivity contribution in [1.29, 1.82) is 0 Å². The summed E-state index contributed by atoms with van der Waals surface area (Å²) in [7, 11) is 0. The topological polar surface area (TPSA) is 51.8 Å². The van der Waals surface area contributed by atoms with Gasteiger partial charge in [-0.2, -0.15) is 0 Å². The molecule has 0 radical (unpaired) electrons. The molecule has 0 spiro atoms. The smallest absolute Gasteiger partial charge is 0.197 e. The second-order valence-corrected chi connectivity index (χ2v) is 9.20. The Hall–Kier alpha value is -3.02. The van der Waals surface area contributed by atoms with E-state index in [0.29, 0.717) is 28.2 Å². The highest BCUT2D eigenvalue weighted by Gasteiger charge is 2.38. The minimum Gasteiger partial charge on any atom is -0.492 e. The molecule has 3 heterocycles. The summed E-state index contributed by atoms with van der Waals surface area (Å²) < 4.78 is 12.0. The van der Waals surface area contributed by atoms with Gasteiger partial charge in [0, 0.05) is 21.0 Å². The summed E-state index contributed by atoms with van der Waals surface area (Å²) in [6.45, 7) is 0.439. The number of hydrogen-bond acceptors (Lipinski definition) is 5. The third-order valence-corrected chi connectivity index (χ3v) is 7.40. The summed E-state index contributed by atoms with van der Waals surface area (Å²) >= 11 is 7.79. The lowest BCUT2D eigenvalue weighted by Crippen LogP contribution is -2.33. The molecule has 0 amide bonds. The fraction of sp³-hybridized carbons (Fsp3) is 0.120. The highest BCUT2D eigenvalue weighted by Crippen LogP contribution is 2.49. The molecule has 0 saturated carbocycles. The number of fused-ring (bicyclic) bond motifs is 5. The maximum absolute atomic E-state index is 13.5. The van der Waals surface area contributed by atoms with Gasteiger partial charge in [0.05, 0.1) is 40.8 Å². The van der Waals surface area contributed by atoms with Crippen LogP contribution in [0.25, 0.3) is 11.0 Å². The molecule has 0 aliphatic carbocycles. The van der Waals surface area contributed by atoms with E-state index in [4.69, 9.17) is 25.7 Å². The van der Waals surface area contributed by atoms with Crippen molar-refractivity contribution in [2.75, 3.05) is 6.61 Å². The first kappa shape index (κ1) is 18.7. The molecule has 31 heavy (non-hydrogen) atoms. The molecule has 0 bridgehead atoms. The van der Waals surface area contributed by atoms with Crippen LogP contribution in [-0.4, -0.2) is 12.3 Å². The lowest BCUT2D eigenvalue weighted by atomic mass is 9.88. The molecular formula is C25H16ClNO3S. The van der Waals surface area contributed by atoms with Crippen molar-refractivity contribution in [3.63, 3.8) is 0 Å². The van der Waals surface area contributed by atoms with Crippen LogP contribution in [0.4, 0.5) is 5.69 Å². The summed E-state index contributed by atoms with van der Waals surface area (Å²) in [6.07, 6.45) is 1.59. The van der Waals surface area contributed by atoms with E-state index in [-0.39, 0.29) is 16.6 Å². The van der Waals surface area contributed by atoms with Gasteiger partial charge in [0.2, 0.25) is 0 Å². The molecule has 6 rings (SSSR count). The summed E-state index contributed by atoms with van der Waals surface area (Å²) in [5, 5.41) is 0.780. The second kappa shape index (κ2) is 7.29. The maximum Gasteiger partial charge on any atom is 0.197 e. The van der Waals surface area contributed by atoms with Gasteiger partial charge in [0.25, 0.3) is 0 Å². The molecular weight excluding hydrogens is 430 g/mol. The normalized spacial score (nSPS) is 19.5. The van der Waals surface area contributed by atoms with Crippen molar-refractivity contribution >= 4 is 45.7 Å². The van der Waals surface area contributed by atoms with Gasteiger partial charge < -0.3 is 9.15 Å². The average molecular weight is 446 g/mol. The van der Waals surface area contributed by atoms with Gasteiger partial charge in [-0.25, -0.2) is 0 Å². The number of para-hydroxylation sites is 2. The Labute approximate surface area is 187 Å². The molecule has 0 saturated heterocycles. The van der Waals surface area contributed by atoms with Crippen LogP contribution >= 0.6 is 23.4 Å². The molecule has 2 atom stereocenters. The zero-order valence-electron chi connectivity index (χ0n) is 16.2. The van der Waals surface area contributed by atoms with Crippen LogP contribution in [0.15, 0.2) is 92.1 Å². The van der Waals surface area contributed by atoms with E-state index in [2.05, 4.69) is 0 Å². The second-order valence-electron chi connectivity index (χ2n) is 7.58. The number of aliphatic imine (C=N–C) groups is 1. The number of thioether (sulfide) groups is 1. The Morgan fingerprint density at radius 3 is 2.81 bits per heavy atom. The summed E-state index contributed by atoms with van der Waals surface area (Å²) in [6, 6.07) is 21.1. The standard InChI is InChI=1S/C25H16ClNO3S/c26-14-9-10-21-16(11-14)24(28)18(13-30-21)25-17-12-29-20-7-3-1-5-15(20)23(17)27-19-6-2-4-8-22(19)31-25/h1-11,13,17,25H,12H2/t17-,25-/m0/s1. The van der Waals surface area contributed by atoms with Crippen LogP contribution < -0.4 is 10.2 Å². The van der Waals surface area contributed by atoms with Crippen molar-refractivity contribution in [3.8, 4) is 5.75 Å². The highest BCUT2D eigenvalue weighted by atomic mass is 35.5. The zero-order valence-corrected chi connectivity index (χ0v) is 17.8. The van der Waals surface area contributed by atoms with Crippen molar-refractivity contribution in [1.82, 2.24) is 0 Å². The number of hydrogen-bond donors (Lipinski definition) is 0. The van der Waals surface area contributed by atoms with Crippen LogP contribution in [0.5, 0.6) is 5.75 Å². The van der Waals surface area contributed by atoms with Crippen molar-refractivity contribution < 1.29 is 9.15 Å². The maximum atomic E-state index is 13.5. The molecule has 0 fully saturated rings. The third kappa shape index (κ3) is 3.08. The van der Waals surface area contributed by atoms with Gasteiger partial charge in [-0.05, 0) is 42.5 Å². The highest BCUT2D eigenvalue weighted by molar-refractivity contribution is 7.99. The van der Waals surface area contributed by atoms with Gasteiger partial charge in [-0.3, -0.25) is 9.79 Å². The zero-order chi connectivity index (χ0) is 20.9.